The summed E-state index contributed by atoms with van der Waals surface area (Å²) in [6, 6.07) is 17.3. The van der Waals surface area contributed by atoms with Gasteiger partial charge in [-0.3, -0.25) is 10.1 Å². The molecule has 0 saturated heterocycles. The number of hydrogen-bond donors (Lipinski definition) is 2. The summed E-state index contributed by atoms with van der Waals surface area (Å²) >= 11 is 1.42. The zero-order valence-corrected chi connectivity index (χ0v) is 24.8. The number of Topliss-reactive ketones (excluding diaryl/α,β-unsaturated/α-hetero) is 1. The van der Waals surface area contributed by atoms with Gasteiger partial charge in [-0.25, -0.2) is 9.59 Å². The minimum absolute atomic E-state index is 0.0553. The summed E-state index contributed by atoms with van der Waals surface area (Å²) in [5.74, 6) is -0.0553. The third kappa shape index (κ3) is 10.5. The van der Waals surface area contributed by atoms with Crippen LogP contribution in [0, 0.1) is 0 Å². The average Bonchev–Trinajstić information content (AvgIpc) is 3.32. The molecule has 0 fully saturated rings. The number of nitrogens with one attached hydrogen (secondary N) is 2. The van der Waals surface area contributed by atoms with Gasteiger partial charge in [0.2, 0.25) is 0 Å². The summed E-state index contributed by atoms with van der Waals surface area (Å²) in [4.78, 5) is 42.0. The fourth-order valence-electron chi connectivity index (χ4n) is 3.92. The van der Waals surface area contributed by atoms with Gasteiger partial charge in [0.05, 0.1) is 5.69 Å². The molecule has 3 amide bonds. The molecule has 9 heteroatoms. The van der Waals surface area contributed by atoms with E-state index in [9.17, 15) is 14.4 Å². The third-order valence-electron chi connectivity index (χ3n) is 6.02. The van der Waals surface area contributed by atoms with E-state index in [-0.39, 0.29) is 18.2 Å². The molecular formula is C31H40N4O4S. The number of nitrogens with zero attached hydrogens (tertiary/aromatic N) is 2. The van der Waals surface area contributed by atoms with Crippen molar-refractivity contribution in [3.63, 3.8) is 0 Å². The summed E-state index contributed by atoms with van der Waals surface area (Å²) in [5.41, 5.74) is 3.41. The van der Waals surface area contributed by atoms with Crippen molar-refractivity contribution in [1.29, 1.82) is 0 Å². The molecule has 1 heterocycles. The molecule has 0 atom stereocenters. The summed E-state index contributed by atoms with van der Waals surface area (Å²) < 4.78 is 5.32. The van der Waals surface area contributed by atoms with E-state index in [0.29, 0.717) is 30.9 Å². The van der Waals surface area contributed by atoms with Crippen LogP contribution in [0.25, 0.3) is 0 Å². The molecule has 40 heavy (non-hydrogen) atoms. The lowest BCUT2D eigenvalue weighted by Gasteiger charge is -2.25. The molecule has 0 aliphatic heterocycles. The van der Waals surface area contributed by atoms with Crippen molar-refractivity contribution in [1.82, 2.24) is 15.1 Å². The van der Waals surface area contributed by atoms with Crippen molar-refractivity contribution in [2.75, 3.05) is 39.0 Å². The quantitative estimate of drug-likeness (QED) is 0.270. The predicted octanol–water partition coefficient (Wildman–Crippen LogP) is 5.84. The first-order valence-corrected chi connectivity index (χ1v) is 14.3. The number of hydrogen-bond acceptors (Lipinski definition) is 6. The van der Waals surface area contributed by atoms with Crippen molar-refractivity contribution in [2.45, 2.75) is 45.8 Å². The second kappa shape index (κ2) is 14.6. The van der Waals surface area contributed by atoms with Gasteiger partial charge >= 0.3 is 12.1 Å². The maximum Gasteiger partial charge on any atom is 0.412 e. The van der Waals surface area contributed by atoms with Crippen LogP contribution in [0.2, 0.25) is 0 Å². The van der Waals surface area contributed by atoms with Gasteiger partial charge in [-0.15, -0.1) is 11.3 Å². The summed E-state index contributed by atoms with van der Waals surface area (Å²) in [7, 11) is 3.96. The SMILES string of the molecule is CN(C)CCN(Cc1ccc(C(=O)Cc2cscc2NC(=O)OC(C)(C)C)cc1)C(=O)NCCc1ccccc1. The molecule has 3 aromatic rings. The number of carbonyl (C=O) groups excluding carboxylic acids is 3. The summed E-state index contributed by atoms with van der Waals surface area (Å²) in [6.45, 7) is 7.71. The Morgan fingerprint density at radius 1 is 0.900 bits per heavy atom. The number of ether oxygens (including phenoxy) is 1. The third-order valence-corrected chi connectivity index (χ3v) is 6.81. The molecule has 2 N–H and O–H groups in total. The Kier molecular flexibility index (Phi) is 11.3. The van der Waals surface area contributed by atoms with Gasteiger partial charge in [0.15, 0.2) is 5.78 Å². The minimum Gasteiger partial charge on any atom is -0.444 e. The lowest BCUT2D eigenvalue weighted by Crippen LogP contribution is -2.43. The monoisotopic (exact) mass is 564 g/mol. The highest BCUT2D eigenvalue weighted by atomic mass is 32.1. The van der Waals surface area contributed by atoms with Crippen LogP contribution in [0.4, 0.5) is 15.3 Å². The second-order valence-electron chi connectivity index (χ2n) is 10.9. The Bertz CT molecular complexity index is 1250. The first-order chi connectivity index (χ1) is 19.0. The highest BCUT2D eigenvalue weighted by Gasteiger charge is 2.19. The smallest absolute Gasteiger partial charge is 0.412 e. The van der Waals surface area contributed by atoms with Crippen molar-refractivity contribution in [2.24, 2.45) is 0 Å². The maximum absolute atomic E-state index is 13.0. The number of rotatable bonds is 12. The van der Waals surface area contributed by atoms with Crippen LogP contribution in [0.15, 0.2) is 65.4 Å². The number of amides is 3. The second-order valence-corrected chi connectivity index (χ2v) is 11.7. The number of ketones is 1. The van der Waals surface area contributed by atoms with Gasteiger partial charge < -0.3 is 19.9 Å². The van der Waals surface area contributed by atoms with Crippen molar-refractivity contribution in [3.8, 4) is 0 Å². The molecule has 0 bridgehead atoms. The maximum atomic E-state index is 13.0. The zero-order chi connectivity index (χ0) is 29.1. The standard InChI is InChI=1S/C31H40N4O4S/c1-31(2,3)39-30(38)33-27-22-40-21-26(27)19-28(36)25-13-11-24(12-14-25)20-35(18-17-34(4)5)29(37)32-16-15-23-9-7-6-8-10-23/h6-14,21-22H,15-20H2,1-5H3,(H,32,37)(H,33,38). The van der Waals surface area contributed by atoms with E-state index in [2.05, 4.69) is 22.8 Å². The van der Waals surface area contributed by atoms with Crippen LogP contribution in [0.3, 0.4) is 0 Å². The van der Waals surface area contributed by atoms with Crippen LogP contribution in [0.5, 0.6) is 0 Å². The van der Waals surface area contributed by atoms with E-state index in [0.717, 1.165) is 24.1 Å². The van der Waals surface area contributed by atoms with Crippen LogP contribution in [0.1, 0.15) is 47.8 Å². The molecule has 214 valence electrons. The largest absolute Gasteiger partial charge is 0.444 e. The lowest BCUT2D eigenvalue weighted by molar-refractivity contribution is 0.0635. The first kappa shape index (κ1) is 30.8. The molecule has 1 aromatic heterocycles. The molecule has 0 radical (unpaired) electrons. The molecule has 0 aliphatic carbocycles. The van der Waals surface area contributed by atoms with Crippen molar-refractivity contribution >= 4 is 34.9 Å². The molecule has 0 unspecified atom stereocenters. The number of likely N-dealkylation sites (N-methyl/N-ethyl adjacent to an activating group) is 1. The highest BCUT2D eigenvalue weighted by Crippen LogP contribution is 2.24. The van der Waals surface area contributed by atoms with E-state index in [1.165, 1.54) is 16.9 Å². The Labute approximate surface area is 241 Å². The van der Waals surface area contributed by atoms with Crippen molar-refractivity contribution < 1.29 is 19.1 Å². The summed E-state index contributed by atoms with van der Waals surface area (Å²) in [5, 5.41) is 9.43. The molecule has 2 aromatic carbocycles. The Balaban J connectivity index is 1.58. The number of carbonyl (C=O) groups is 3. The molecule has 0 saturated carbocycles. The van der Waals surface area contributed by atoms with Gasteiger partial charge in [0.1, 0.15) is 5.60 Å². The van der Waals surface area contributed by atoms with E-state index in [1.54, 1.807) is 43.2 Å². The summed E-state index contributed by atoms with van der Waals surface area (Å²) in [6.07, 6.45) is 0.378. The van der Waals surface area contributed by atoms with Crippen LogP contribution < -0.4 is 10.6 Å². The fraction of sp³-hybridized carbons (Fsp3) is 0.387. The molecule has 0 spiro atoms. The van der Waals surface area contributed by atoms with Gasteiger partial charge in [-0.1, -0.05) is 54.6 Å². The van der Waals surface area contributed by atoms with E-state index in [4.69, 9.17) is 4.74 Å². The molecule has 0 aliphatic rings. The number of thiophene rings is 1. The van der Waals surface area contributed by atoms with Gasteiger partial charge in [0, 0.05) is 43.5 Å². The molecule has 8 nitrogen and oxygen atoms in total. The number of anilines is 1. The molecular weight excluding hydrogens is 524 g/mol. The van der Waals surface area contributed by atoms with Gasteiger partial charge in [-0.2, -0.15) is 0 Å². The fourth-order valence-corrected chi connectivity index (χ4v) is 4.71. The highest BCUT2D eigenvalue weighted by molar-refractivity contribution is 7.08. The minimum atomic E-state index is -0.608. The Morgan fingerprint density at radius 2 is 1.60 bits per heavy atom. The van der Waals surface area contributed by atoms with E-state index < -0.39 is 11.7 Å². The van der Waals surface area contributed by atoms with Crippen LogP contribution >= 0.6 is 11.3 Å². The van der Waals surface area contributed by atoms with Gasteiger partial charge in [-0.05, 0) is 63.4 Å². The van der Waals surface area contributed by atoms with Crippen LogP contribution in [-0.4, -0.2) is 67.0 Å². The zero-order valence-electron chi connectivity index (χ0n) is 24.0. The molecule has 3 rings (SSSR count). The van der Waals surface area contributed by atoms with E-state index in [1.807, 2.05) is 54.7 Å². The topological polar surface area (TPSA) is 91.0 Å². The normalized spacial score (nSPS) is 11.2. The Morgan fingerprint density at radius 3 is 2.25 bits per heavy atom. The Hall–Kier alpha value is -3.69. The average molecular weight is 565 g/mol. The number of benzene rings is 2. The predicted molar refractivity (Wildman–Crippen MR) is 161 cm³/mol. The number of urea groups is 1. The van der Waals surface area contributed by atoms with Crippen LogP contribution in [-0.2, 0) is 24.1 Å². The lowest BCUT2D eigenvalue weighted by atomic mass is 10.0. The van der Waals surface area contributed by atoms with Crippen molar-refractivity contribution in [3.05, 3.63) is 87.6 Å². The van der Waals surface area contributed by atoms with Gasteiger partial charge in [0.25, 0.3) is 0 Å². The van der Waals surface area contributed by atoms with E-state index >= 15 is 0 Å². The first-order valence-electron chi connectivity index (χ1n) is 13.4.